The van der Waals surface area contributed by atoms with Gasteiger partial charge in [0.15, 0.2) is 0 Å². The molecule has 2 rings (SSSR count). The Hall–Kier alpha value is -2.36. The molecule has 0 unspecified atom stereocenters. The molecule has 0 aliphatic rings. The first-order valence-corrected chi connectivity index (χ1v) is 7.94. The Labute approximate surface area is 136 Å². The minimum Gasteiger partial charge on any atom is -0.507 e. The van der Waals surface area contributed by atoms with Crippen molar-refractivity contribution < 1.29 is 14.2 Å². The van der Waals surface area contributed by atoms with Gasteiger partial charge in [-0.1, -0.05) is 26.2 Å². The van der Waals surface area contributed by atoms with Crippen molar-refractivity contribution in [2.45, 2.75) is 32.6 Å². The molecule has 4 heteroatoms. The number of benzene rings is 2. The molecule has 0 aliphatic carbocycles. The fourth-order valence-corrected chi connectivity index (χ4v) is 2.11. The number of halogens is 1. The summed E-state index contributed by atoms with van der Waals surface area (Å²) in [5.74, 6) is 0.465. The maximum absolute atomic E-state index is 12.8. The van der Waals surface area contributed by atoms with E-state index in [1.54, 1.807) is 30.5 Å². The van der Waals surface area contributed by atoms with Gasteiger partial charge in [0, 0.05) is 17.8 Å². The van der Waals surface area contributed by atoms with Gasteiger partial charge in [-0.2, -0.15) is 0 Å². The van der Waals surface area contributed by atoms with Gasteiger partial charge in [-0.15, -0.1) is 0 Å². The molecule has 0 aromatic heterocycles. The fourth-order valence-electron chi connectivity index (χ4n) is 2.11. The van der Waals surface area contributed by atoms with Crippen molar-refractivity contribution in [1.29, 1.82) is 0 Å². The molecule has 122 valence electrons. The zero-order valence-corrected chi connectivity index (χ0v) is 13.3. The summed E-state index contributed by atoms with van der Waals surface area (Å²) in [5.41, 5.74) is 1.22. The Morgan fingerprint density at radius 1 is 1.09 bits per heavy atom. The third-order valence-corrected chi connectivity index (χ3v) is 3.45. The second kappa shape index (κ2) is 8.93. The van der Waals surface area contributed by atoms with Gasteiger partial charge in [-0.05, 0) is 42.8 Å². The topological polar surface area (TPSA) is 41.8 Å². The number of phenolic OH excluding ortho intramolecular Hbond substituents is 1. The first-order valence-electron chi connectivity index (χ1n) is 7.94. The Balaban J connectivity index is 1.92. The van der Waals surface area contributed by atoms with Crippen molar-refractivity contribution in [3.8, 4) is 11.5 Å². The van der Waals surface area contributed by atoms with Crippen LogP contribution >= 0.6 is 0 Å². The summed E-state index contributed by atoms with van der Waals surface area (Å²) in [6, 6.07) is 11.0. The van der Waals surface area contributed by atoms with Gasteiger partial charge in [-0.3, -0.25) is 4.99 Å². The molecule has 0 atom stereocenters. The zero-order valence-electron chi connectivity index (χ0n) is 13.3. The average molecular weight is 315 g/mol. The van der Waals surface area contributed by atoms with E-state index in [2.05, 4.69) is 11.9 Å². The normalized spacial score (nSPS) is 11.0. The van der Waals surface area contributed by atoms with Gasteiger partial charge in [0.25, 0.3) is 0 Å². The van der Waals surface area contributed by atoms with Crippen LogP contribution in [0.4, 0.5) is 10.1 Å². The summed E-state index contributed by atoms with van der Waals surface area (Å²) in [7, 11) is 0. The van der Waals surface area contributed by atoms with Crippen LogP contribution in [0.2, 0.25) is 0 Å². The van der Waals surface area contributed by atoms with Gasteiger partial charge in [0.05, 0.1) is 12.3 Å². The van der Waals surface area contributed by atoms with Crippen LogP contribution in [0.1, 0.15) is 38.2 Å². The molecule has 0 fully saturated rings. The van der Waals surface area contributed by atoms with Crippen LogP contribution < -0.4 is 4.74 Å². The van der Waals surface area contributed by atoms with E-state index in [1.807, 2.05) is 6.07 Å². The second-order valence-electron chi connectivity index (χ2n) is 5.36. The van der Waals surface area contributed by atoms with Gasteiger partial charge < -0.3 is 9.84 Å². The molecule has 23 heavy (non-hydrogen) atoms. The minimum atomic E-state index is -0.299. The molecule has 0 aliphatic heterocycles. The maximum Gasteiger partial charge on any atom is 0.128 e. The molecule has 0 heterocycles. The Morgan fingerprint density at radius 2 is 1.87 bits per heavy atom. The summed E-state index contributed by atoms with van der Waals surface area (Å²) in [4.78, 5) is 4.21. The van der Waals surface area contributed by atoms with E-state index in [1.165, 1.54) is 25.0 Å². The Morgan fingerprint density at radius 3 is 2.57 bits per heavy atom. The molecule has 2 aromatic carbocycles. The van der Waals surface area contributed by atoms with Crippen LogP contribution in [-0.2, 0) is 0 Å². The molecular formula is C19H22FNO2. The van der Waals surface area contributed by atoms with Crippen molar-refractivity contribution in [3.63, 3.8) is 0 Å². The first-order chi connectivity index (χ1) is 11.2. The number of hydrogen-bond donors (Lipinski definition) is 1. The minimum absolute atomic E-state index is 0.113. The van der Waals surface area contributed by atoms with Crippen molar-refractivity contribution in [2.24, 2.45) is 4.99 Å². The third-order valence-electron chi connectivity index (χ3n) is 3.45. The monoisotopic (exact) mass is 315 g/mol. The number of aromatic hydroxyl groups is 1. The van der Waals surface area contributed by atoms with Gasteiger partial charge in [0.1, 0.15) is 17.3 Å². The molecule has 0 saturated heterocycles. The summed E-state index contributed by atoms with van der Waals surface area (Å²) >= 11 is 0. The molecular weight excluding hydrogens is 293 g/mol. The first kappa shape index (κ1) is 17.0. The highest BCUT2D eigenvalue weighted by atomic mass is 19.1. The average Bonchev–Trinajstić information content (AvgIpc) is 2.55. The summed E-state index contributed by atoms with van der Waals surface area (Å²) in [6.45, 7) is 2.83. The van der Waals surface area contributed by atoms with Crippen LogP contribution in [0, 0.1) is 5.82 Å². The highest BCUT2D eigenvalue weighted by molar-refractivity contribution is 5.85. The van der Waals surface area contributed by atoms with Gasteiger partial charge in [-0.25, -0.2) is 4.39 Å². The SMILES string of the molecule is CCCCCCOc1ccc(C=Nc2ccc(F)cc2)c(O)c1. The lowest BCUT2D eigenvalue weighted by Gasteiger charge is -2.07. The van der Waals surface area contributed by atoms with Crippen molar-refractivity contribution in [2.75, 3.05) is 6.61 Å². The lowest BCUT2D eigenvalue weighted by atomic mass is 10.2. The molecule has 0 saturated carbocycles. The predicted octanol–water partition coefficient (Wildman–Crippen LogP) is 5.24. The summed E-state index contributed by atoms with van der Waals surface area (Å²) < 4.78 is 18.4. The smallest absolute Gasteiger partial charge is 0.128 e. The number of unbranched alkanes of at least 4 members (excludes halogenated alkanes) is 3. The van der Waals surface area contributed by atoms with Crippen molar-refractivity contribution >= 4 is 11.9 Å². The zero-order chi connectivity index (χ0) is 16.5. The maximum atomic E-state index is 12.8. The Kier molecular flexibility index (Phi) is 6.60. The van der Waals surface area contributed by atoms with E-state index in [-0.39, 0.29) is 11.6 Å². The van der Waals surface area contributed by atoms with Crippen LogP contribution in [0.25, 0.3) is 0 Å². The van der Waals surface area contributed by atoms with E-state index in [0.717, 1.165) is 12.8 Å². The van der Waals surface area contributed by atoms with Crippen molar-refractivity contribution in [3.05, 3.63) is 53.8 Å². The van der Waals surface area contributed by atoms with E-state index < -0.39 is 0 Å². The van der Waals surface area contributed by atoms with Gasteiger partial charge >= 0.3 is 0 Å². The molecule has 2 aromatic rings. The quantitative estimate of drug-likeness (QED) is 0.534. The summed E-state index contributed by atoms with van der Waals surface area (Å²) in [6.07, 6.45) is 6.14. The van der Waals surface area contributed by atoms with Crippen LogP contribution in [0.3, 0.4) is 0 Å². The van der Waals surface area contributed by atoms with Crippen molar-refractivity contribution in [1.82, 2.24) is 0 Å². The Bertz CT molecular complexity index is 638. The number of phenols is 1. The fraction of sp³-hybridized carbons (Fsp3) is 0.316. The molecule has 1 N–H and O–H groups in total. The number of aliphatic imine (C=N–C) groups is 1. The number of hydrogen-bond acceptors (Lipinski definition) is 3. The largest absolute Gasteiger partial charge is 0.507 e. The predicted molar refractivity (Wildman–Crippen MR) is 91.4 cm³/mol. The van der Waals surface area contributed by atoms with E-state index >= 15 is 0 Å². The lowest BCUT2D eigenvalue weighted by Crippen LogP contribution is -1.97. The molecule has 0 amide bonds. The van der Waals surface area contributed by atoms with Crippen LogP contribution in [-0.4, -0.2) is 17.9 Å². The van der Waals surface area contributed by atoms with Gasteiger partial charge in [0.2, 0.25) is 0 Å². The molecule has 0 bridgehead atoms. The highest BCUT2D eigenvalue weighted by Gasteiger charge is 2.02. The van der Waals surface area contributed by atoms with Crippen LogP contribution in [0.5, 0.6) is 11.5 Å². The highest BCUT2D eigenvalue weighted by Crippen LogP contribution is 2.23. The number of ether oxygens (including phenoxy) is 1. The van der Waals surface area contributed by atoms with E-state index in [4.69, 9.17) is 4.74 Å². The van der Waals surface area contributed by atoms with E-state index in [0.29, 0.717) is 23.6 Å². The molecule has 0 spiro atoms. The molecule has 3 nitrogen and oxygen atoms in total. The number of rotatable bonds is 8. The number of nitrogens with zero attached hydrogens (tertiary/aromatic N) is 1. The summed E-state index contributed by atoms with van der Waals surface area (Å²) in [5, 5.41) is 10.0. The van der Waals surface area contributed by atoms with E-state index in [9.17, 15) is 9.50 Å². The molecule has 0 radical (unpaired) electrons. The second-order valence-corrected chi connectivity index (χ2v) is 5.36. The third kappa shape index (κ3) is 5.74. The standard InChI is InChI=1S/C19H22FNO2/c1-2-3-4-5-12-23-18-11-6-15(19(22)13-18)14-21-17-9-7-16(20)8-10-17/h6-11,13-14,22H,2-5,12H2,1H3. The lowest BCUT2D eigenvalue weighted by molar-refractivity contribution is 0.303. The van der Waals surface area contributed by atoms with Crippen LogP contribution in [0.15, 0.2) is 47.5 Å².